The first-order valence-corrected chi connectivity index (χ1v) is 11.7. The molecule has 2 rings (SSSR count). The van der Waals surface area contributed by atoms with Crippen LogP contribution in [-0.4, -0.2) is 8.07 Å². The van der Waals surface area contributed by atoms with Crippen molar-refractivity contribution in [3.05, 3.63) is 57.6 Å². The summed E-state index contributed by atoms with van der Waals surface area (Å²) < 4.78 is 1.20. The molecule has 0 bridgehead atoms. The molecule has 0 aliphatic carbocycles. The van der Waals surface area contributed by atoms with Crippen LogP contribution in [0.1, 0.15) is 16.7 Å². The molecule has 0 saturated carbocycles. The summed E-state index contributed by atoms with van der Waals surface area (Å²) in [6, 6.07) is 13.5. The monoisotopic (exact) mass is 361 g/mol. The van der Waals surface area contributed by atoms with Gasteiger partial charge in [-0.05, 0) is 42.7 Å². The molecule has 2 aromatic carbocycles. The summed E-state index contributed by atoms with van der Waals surface area (Å²) in [5.41, 5.74) is 5.05. The van der Waals surface area contributed by atoms with Crippen molar-refractivity contribution in [3.63, 3.8) is 0 Å². The molecule has 0 spiro atoms. The Bertz CT molecular complexity index is 604. The SMILES string of the molecule is Cc1cc(NCc2ccc([Si](C)(C)C)cc2)cc(C)c1Br. The van der Waals surface area contributed by atoms with Gasteiger partial charge in [0, 0.05) is 16.7 Å². The second-order valence-corrected chi connectivity index (χ2v) is 12.6. The van der Waals surface area contributed by atoms with E-state index in [0.717, 1.165) is 6.54 Å². The standard InChI is InChI=1S/C18H24BrNSi/c1-13-10-16(11-14(2)18(13)19)20-12-15-6-8-17(9-7-15)21(3,4)5/h6-11,20H,12H2,1-5H3. The first-order valence-electron chi connectivity index (χ1n) is 7.37. The van der Waals surface area contributed by atoms with Gasteiger partial charge in [-0.3, -0.25) is 0 Å². The maximum atomic E-state index is 3.61. The highest BCUT2D eigenvalue weighted by atomic mass is 79.9. The van der Waals surface area contributed by atoms with Crippen molar-refractivity contribution in [1.82, 2.24) is 0 Å². The van der Waals surface area contributed by atoms with E-state index in [2.05, 4.69) is 91.1 Å². The van der Waals surface area contributed by atoms with Crippen LogP contribution in [0.3, 0.4) is 0 Å². The van der Waals surface area contributed by atoms with Gasteiger partial charge in [0.05, 0.1) is 8.07 Å². The Hall–Kier alpha value is -1.06. The van der Waals surface area contributed by atoms with Gasteiger partial charge in [0.1, 0.15) is 0 Å². The quantitative estimate of drug-likeness (QED) is 0.735. The van der Waals surface area contributed by atoms with E-state index in [1.54, 1.807) is 0 Å². The second-order valence-electron chi connectivity index (χ2n) is 6.72. The van der Waals surface area contributed by atoms with Crippen LogP contribution in [0.15, 0.2) is 40.9 Å². The summed E-state index contributed by atoms with van der Waals surface area (Å²) in [6.07, 6.45) is 0. The zero-order valence-electron chi connectivity index (χ0n) is 13.5. The maximum absolute atomic E-state index is 3.61. The Morgan fingerprint density at radius 3 is 1.95 bits per heavy atom. The zero-order valence-corrected chi connectivity index (χ0v) is 16.1. The molecule has 0 heterocycles. The Morgan fingerprint density at radius 1 is 0.952 bits per heavy atom. The number of anilines is 1. The summed E-state index contributed by atoms with van der Waals surface area (Å²) in [6.45, 7) is 12.3. The van der Waals surface area contributed by atoms with Crippen molar-refractivity contribution >= 4 is 34.9 Å². The van der Waals surface area contributed by atoms with Crippen molar-refractivity contribution < 1.29 is 0 Å². The molecule has 0 aliphatic heterocycles. The normalized spacial score (nSPS) is 11.5. The number of aryl methyl sites for hydroxylation is 2. The lowest BCUT2D eigenvalue weighted by molar-refractivity contribution is 1.14. The van der Waals surface area contributed by atoms with Gasteiger partial charge < -0.3 is 5.32 Å². The molecular weight excluding hydrogens is 338 g/mol. The van der Waals surface area contributed by atoms with Gasteiger partial charge in [0.25, 0.3) is 0 Å². The molecule has 3 heteroatoms. The number of hydrogen-bond donors (Lipinski definition) is 1. The van der Waals surface area contributed by atoms with Gasteiger partial charge in [-0.25, -0.2) is 0 Å². The molecule has 0 saturated heterocycles. The van der Waals surface area contributed by atoms with E-state index < -0.39 is 8.07 Å². The Labute approximate surface area is 137 Å². The molecule has 0 atom stereocenters. The second kappa shape index (κ2) is 6.37. The highest BCUT2D eigenvalue weighted by Crippen LogP contribution is 2.25. The highest BCUT2D eigenvalue weighted by molar-refractivity contribution is 9.10. The van der Waals surface area contributed by atoms with Gasteiger partial charge in [0.15, 0.2) is 0 Å². The van der Waals surface area contributed by atoms with E-state index in [1.165, 1.54) is 32.0 Å². The lowest BCUT2D eigenvalue weighted by Gasteiger charge is -2.17. The van der Waals surface area contributed by atoms with Crippen LogP contribution in [0.4, 0.5) is 5.69 Å². The van der Waals surface area contributed by atoms with Crippen molar-refractivity contribution in [2.45, 2.75) is 40.0 Å². The van der Waals surface area contributed by atoms with Gasteiger partial charge in [-0.1, -0.05) is 65.0 Å². The van der Waals surface area contributed by atoms with Crippen LogP contribution in [0.2, 0.25) is 19.6 Å². The number of nitrogens with one attached hydrogen (secondary N) is 1. The molecule has 2 aromatic rings. The summed E-state index contributed by atoms with van der Waals surface area (Å²) in [4.78, 5) is 0. The van der Waals surface area contributed by atoms with Crippen molar-refractivity contribution in [1.29, 1.82) is 0 Å². The average molecular weight is 362 g/mol. The van der Waals surface area contributed by atoms with E-state index in [4.69, 9.17) is 0 Å². The maximum Gasteiger partial charge on any atom is 0.0775 e. The van der Waals surface area contributed by atoms with Gasteiger partial charge >= 0.3 is 0 Å². The molecule has 0 fully saturated rings. The molecule has 0 amide bonds. The lowest BCUT2D eigenvalue weighted by atomic mass is 10.1. The fourth-order valence-electron chi connectivity index (χ4n) is 2.37. The molecule has 1 nitrogen and oxygen atoms in total. The summed E-state index contributed by atoms with van der Waals surface area (Å²) in [7, 11) is -1.19. The van der Waals surface area contributed by atoms with Crippen molar-refractivity contribution in [3.8, 4) is 0 Å². The first-order chi connectivity index (χ1) is 9.77. The lowest BCUT2D eigenvalue weighted by Crippen LogP contribution is -2.37. The van der Waals surface area contributed by atoms with E-state index in [0.29, 0.717) is 0 Å². The molecule has 0 radical (unpaired) electrons. The van der Waals surface area contributed by atoms with Gasteiger partial charge in [-0.15, -0.1) is 0 Å². The predicted octanol–water partition coefficient (Wildman–Crippen LogP) is 5.22. The van der Waals surface area contributed by atoms with Crippen LogP contribution in [-0.2, 0) is 6.54 Å². The molecule has 0 unspecified atom stereocenters. The highest BCUT2D eigenvalue weighted by Gasteiger charge is 2.15. The topological polar surface area (TPSA) is 12.0 Å². The van der Waals surface area contributed by atoms with Crippen molar-refractivity contribution in [2.24, 2.45) is 0 Å². The number of halogens is 1. The minimum atomic E-state index is -1.19. The summed E-state index contributed by atoms with van der Waals surface area (Å²) in [5.74, 6) is 0. The summed E-state index contributed by atoms with van der Waals surface area (Å²) >= 11 is 3.61. The minimum Gasteiger partial charge on any atom is -0.381 e. The van der Waals surface area contributed by atoms with E-state index in [1.807, 2.05) is 0 Å². The fourth-order valence-corrected chi connectivity index (χ4v) is 3.77. The molecule has 21 heavy (non-hydrogen) atoms. The molecule has 112 valence electrons. The third-order valence-corrected chi connectivity index (χ3v) is 7.07. The van der Waals surface area contributed by atoms with Crippen LogP contribution in [0, 0.1) is 13.8 Å². The van der Waals surface area contributed by atoms with Crippen LogP contribution in [0.5, 0.6) is 0 Å². The number of hydrogen-bond acceptors (Lipinski definition) is 1. The minimum absolute atomic E-state index is 0.868. The summed E-state index contributed by atoms with van der Waals surface area (Å²) in [5, 5.41) is 5.03. The predicted molar refractivity (Wildman–Crippen MR) is 100 cm³/mol. The molecular formula is C18H24BrNSi. The molecule has 0 aliphatic rings. The van der Waals surface area contributed by atoms with Crippen LogP contribution >= 0.6 is 15.9 Å². The van der Waals surface area contributed by atoms with Crippen molar-refractivity contribution in [2.75, 3.05) is 5.32 Å². The smallest absolute Gasteiger partial charge is 0.0775 e. The molecule has 1 N–H and O–H groups in total. The van der Waals surface area contributed by atoms with Gasteiger partial charge in [0.2, 0.25) is 0 Å². The number of benzene rings is 2. The Balaban J connectivity index is 2.07. The Morgan fingerprint density at radius 2 is 1.48 bits per heavy atom. The fraction of sp³-hybridized carbons (Fsp3) is 0.333. The van der Waals surface area contributed by atoms with E-state index >= 15 is 0 Å². The van der Waals surface area contributed by atoms with Crippen LogP contribution in [0.25, 0.3) is 0 Å². The van der Waals surface area contributed by atoms with E-state index in [9.17, 15) is 0 Å². The largest absolute Gasteiger partial charge is 0.381 e. The third-order valence-electron chi connectivity index (χ3n) is 3.75. The van der Waals surface area contributed by atoms with E-state index in [-0.39, 0.29) is 0 Å². The molecule has 0 aromatic heterocycles. The zero-order chi connectivity index (χ0) is 15.6. The average Bonchev–Trinajstić information content (AvgIpc) is 2.42. The first kappa shape index (κ1) is 16.3. The Kier molecular flexibility index (Phi) is 4.94. The van der Waals surface area contributed by atoms with Crippen LogP contribution < -0.4 is 10.5 Å². The number of rotatable bonds is 4. The van der Waals surface area contributed by atoms with Gasteiger partial charge in [-0.2, -0.15) is 0 Å². The third kappa shape index (κ3) is 4.21.